The van der Waals surface area contributed by atoms with Crippen molar-refractivity contribution in [3.63, 3.8) is 0 Å². The largest absolute Gasteiger partial charge is 0.506 e. The summed E-state index contributed by atoms with van der Waals surface area (Å²) in [6.07, 6.45) is -5.58. The second-order valence-corrected chi connectivity index (χ2v) is 18.7. The third kappa shape index (κ3) is 19.0. The van der Waals surface area contributed by atoms with Crippen LogP contribution < -0.4 is 14.9 Å². The molecule has 2 fully saturated rings. The maximum absolute atomic E-state index is 13.2. The van der Waals surface area contributed by atoms with E-state index in [1.165, 1.54) is 0 Å². The molecule has 2 aromatic carbocycles. The van der Waals surface area contributed by atoms with Crippen molar-refractivity contribution in [3.8, 4) is 11.5 Å². The van der Waals surface area contributed by atoms with E-state index < -0.39 is 24.3 Å². The number of amides is 2. The predicted octanol–water partition coefficient (Wildman–Crippen LogP) is 6.55. The van der Waals surface area contributed by atoms with Crippen LogP contribution in [0.25, 0.3) is 10.2 Å². The van der Waals surface area contributed by atoms with Gasteiger partial charge in [0.1, 0.15) is 22.7 Å². The van der Waals surface area contributed by atoms with Crippen LogP contribution in [0.2, 0.25) is 0 Å². The van der Waals surface area contributed by atoms with Gasteiger partial charge in [-0.25, -0.2) is 14.6 Å². The number of carboxylic acids is 2. The van der Waals surface area contributed by atoms with Crippen LogP contribution in [0.1, 0.15) is 79.0 Å². The third-order valence-corrected chi connectivity index (χ3v) is 13.4. The number of carboxylic acid groups (broad SMARTS) is 2. The lowest BCUT2D eigenvalue weighted by atomic mass is 9.89. The van der Waals surface area contributed by atoms with Gasteiger partial charge in [0.05, 0.1) is 54.7 Å². The van der Waals surface area contributed by atoms with Crippen molar-refractivity contribution in [2.75, 3.05) is 85.3 Å². The van der Waals surface area contributed by atoms with Crippen molar-refractivity contribution in [2.24, 2.45) is 0 Å². The number of aliphatic carboxylic acids is 2. The summed E-state index contributed by atoms with van der Waals surface area (Å²) in [5.74, 6) is -4.15. The summed E-state index contributed by atoms with van der Waals surface area (Å²) < 4.78 is 82.4. The fraction of sp³-hybridized carbons (Fsp3) is 0.565. The number of phenolic OH excluding ortho intramolecular Hbond substituents is 1. The number of hydrogen-bond donors (Lipinski definition) is 5. The zero-order valence-corrected chi connectivity index (χ0v) is 41.2. The number of aromatic amines is 1. The van der Waals surface area contributed by atoms with Crippen LogP contribution in [0.5, 0.6) is 11.5 Å². The van der Waals surface area contributed by atoms with Gasteiger partial charge in [-0.1, -0.05) is 43.4 Å². The molecule has 0 atom stereocenters. The molecular weight excluding hydrogens is 991 g/mol. The molecule has 2 aliphatic rings. The average molecular weight is 1050 g/mol. The molecule has 0 bridgehead atoms. The molecular formula is C46H60F6N6O11S2. The highest BCUT2D eigenvalue weighted by Gasteiger charge is 2.42. The lowest BCUT2D eigenvalue weighted by molar-refractivity contribution is -0.193. The molecule has 0 saturated carbocycles. The zero-order valence-electron chi connectivity index (χ0n) is 39.5. The second-order valence-electron chi connectivity index (χ2n) is 16.8. The number of ether oxygens (including phenoxy) is 3. The number of aromatic hydroxyl groups is 1. The van der Waals surface area contributed by atoms with Crippen LogP contribution in [0.15, 0.2) is 46.6 Å². The molecule has 394 valence electrons. The van der Waals surface area contributed by atoms with E-state index >= 15 is 0 Å². The summed E-state index contributed by atoms with van der Waals surface area (Å²) in [5.41, 5.74) is 2.96. The number of likely N-dealkylation sites (N-methyl/N-ethyl adjacent to an activating group) is 1. The number of nitrogens with one attached hydrogen (secondary N) is 2. The number of morpholine rings is 1. The molecule has 0 radical (unpaired) electrons. The standard InChI is InChI=1S/C42H58N6O7S2.2C2HF3O2/c1-4-47(22-18-43-17-12-32-8-11-35(49)37-38(32)57-41(52)45-37)36(50)14-26-53-25-13-31-6-9-33(10-7-31)54-24-5-19-46-20-15-42(16-21-46)29-48(23-27-55-42)40(51)34-28-56-39(44-34)30(2)3;2*3-2(4,5)1(6)7/h6-11,28,30,43,49H,4-5,12-27,29H2,1-3H3,(H,45,52);2*(H,6,7). The minimum atomic E-state index is -5.08. The summed E-state index contributed by atoms with van der Waals surface area (Å²) >= 11 is 2.67. The SMILES string of the molecule is CCN(CCNCCc1ccc(O)c2[nH]c(=O)sc12)C(=O)CCOCCc1ccc(OCCCN2CCC3(CC2)CN(C(=O)c2csc(C(C)C)n2)CCO3)cc1.O=C(O)C(F)(F)F.O=C(O)C(F)(F)F. The molecule has 2 amide bonds. The number of likely N-dealkylation sites (tertiary alicyclic amines) is 1. The van der Waals surface area contributed by atoms with Gasteiger partial charge in [-0.3, -0.25) is 14.4 Å². The van der Waals surface area contributed by atoms with Crippen LogP contribution in [0, 0.1) is 0 Å². The number of fused-ring (bicyclic) bond motifs is 1. The van der Waals surface area contributed by atoms with Crippen molar-refractivity contribution in [3.05, 3.63) is 73.3 Å². The van der Waals surface area contributed by atoms with Gasteiger partial charge in [0.15, 0.2) is 0 Å². The molecule has 0 aliphatic carbocycles. The first kappa shape index (κ1) is 58.2. The number of hydrogen-bond acceptors (Lipinski definition) is 14. The van der Waals surface area contributed by atoms with E-state index in [9.17, 15) is 45.8 Å². The quantitative estimate of drug-likeness (QED) is 0.0468. The molecule has 4 heterocycles. The normalized spacial score (nSPS) is 14.9. The second kappa shape index (κ2) is 27.5. The molecule has 0 unspecified atom stereocenters. The average Bonchev–Trinajstić information content (AvgIpc) is 3.99. The Bertz CT molecular complexity index is 2360. The van der Waals surface area contributed by atoms with Crippen molar-refractivity contribution in [1.82, 2.24) is 30.0 Å². The van der Waals surface area contributed by atoms with E-state index in [4.69, 9.17) is 34.0 Å². The Morgan fingerprint density at radius 3 is 2.21 bits per heavy atom. The van der Waals surface area contributed by atoms with Gasteiger partial charge in [-0.2, -0.15) is 26.3 Å². The van der Waals surface area contributed by atoms with Crippen molar-refractivity contribution in [2.45, 2.75) is 83.2 Å². The van der Waals surface area contributed by atoms with Gasteiger partial charge in [0, 0.05) is 57.1 Å². The van der Waals surface area contributed by atoms with E-state index in [0.29, 0.717) is 95.7 Å². The first-order valence-electron chi connectivity index (χ1n) is 22.8. The minimum absolute atomic E-state index is 0.0220. The highest BCUT2D eigenvalue weighted by molar-refractivity contribution is 7.16. The Balaban J connectivity index is 0.000000683. The lowest BCUT2D eigenvalue weighted by Crippen LogP contribution is -2.58. The molecule has 1 spiro atoms. The predicted molar refractivity (Wildman–Crippen MR) is 252 cm³/mol. The molecule has 17 nitrogen and oxygen atoms in total. The van der Waals surface area contributed by atoms with Gasteiger partial charge < -0.3 is 54.5 Å². The number of piperidine rings is 1. The Kier molecular flexibility index (Phi) is 22.5. The van der Waals surface area contributed by atoms with E-state index in [0.717, 1.165) is 83.2 Å². The third-order valence-electron chi connectivity index (χ3n) is 11.3. The first-order chi connectivity index (χ1) is 33.5. The Hall–Kier alpha value is -5.34. The van der Waals surface area contributed by atoms with Gasteiger partial charge in [0.2, 0.25) is 5.91 Å². The van der Waals surface area contributed by atoms with Gasteiger partial charge >= 0.3 is 29.2 Å². The molecule has 25 heteroatoms. The molecule has 4 aromatic rings. The molecule has 71 heavy (non-hydrogen) atoms. The summed E-state index contributed by atoms with van der Waals surface area (Å²) in [4.78, 5) is 68.9. The maximum atomic E-state index is 13.2. The fourth-order valence-corrected chi connectivity index (χ4v) is 9.16. The topological polar surface area (TPSA) is 224 Å². The van der Waals surface area contributed by atoms with Crippen molar-refractivity contribution >= 4 is 56.6 Å². The van der Waals surface area contributed by atoms with Crippen LogP contribution in [0.4, 0.5) is 26.3 Å². The monoisotopic (exact) mass is 1050 g/mol. The number of alkyl halides is 6. The van der Waals surface area contributed by atoms with Crippen LogP contribution in [-0.2, 0) is 36.7 Å². The Morgan fingerprint density at radius 1 is 0.944 bits per heavy atom. The summed E-state index contributed by atoms with van der Waals surface area (Å²) in [6, 6.07) is 11.6. The smallest absolute Gasteiger partial charge is 0.490 e. The Labute approximate surface area is 413 Å². The number of benzene rings is 2. The molecule has 2 aliphatic heterocycles. The number of thiazole rings is 2. The maximum Gasteiger partial charge on any atom is 0.490 e. The summed E-state index contributed by atoms with van der Waals surface area (Å²) in [5, 5.41) is 30.5. The highest BCUT2D eigenvalue weighted by Crippen LogP contribution is 2.32. The molecule has 2 saturated heterocycles. The molecule has 2 aromatic heterocycles. The number of aromatic nitrogens is 2. The van der Waals surface area contributed by atoms with Crippen LogP contribution in [0.3, 0.4) is 0 Å². The Morgan fingerprint density at radius 2 is 1.61 bits per heavy atom. The van der Waals surface area contributed by atoms with Gasteiger partial charge in [-0.15, -0.1) is 11.3 Å². The number of nitrogens with zero attached hydrogens (tertiary/aromatic N) is 4. The van der Waals surface area contributed by atoms with Gasteiger partial charge in [0.25, 0.3) is 5.91 Å². The van der Waals surface area contributed by atoms with E-state index in [-0.39, 0.29) is 28.0 Å². The number of carbonyl (C=O) groups excluding carboxylic acids is 2. The number of carbonyl (C=O) groups is 4. The van der Waals surface area contributed by atoms with E-state index in [2.05, 4.69) is 46.2 Å². The van der Waals surface area contributed by atoms with E-state index in [1.807, 2.05) is 40.3 Å². The summed E-state index contributed by atoms with van der Waals surface area (Å²) in [6.45, 7) is 15.1. The number of rotatable bonds is 20. The lowest BCUT2D eigenvalue weighted by Gasteiger charge is -2.47. The van der Waals surface area contributed by atoms with Crippen LogP contribution >= 0.6 is 22.7 Å². The van der Waals surface area contributed by atoms with Gasteiger partial charge in [-0.05, 0) is 74.9 Å². The number of H-pyrrole nitrogens is 1. The number of halogens is 6. The molecule has 5 N–H and O–H groups in total. The van der Waals surface area contributed by atoms with Crippen LogP contribution in [-0.4, -0.2) is 167 Å². The fourth-order valence-electron chi connectivity index (χ4n) is 7.45. The first-order valence-corrected chi connectivity index (χ1v) is 24.5. The summed E-state index contributed by atoms with van der Waals surface area (Å²) in [7, 11) is 0. The number of phenols is 1. The minimum Gasteiger partial charge on any atom is -0.506 e. The van der Waals surface area contributed by atoms with E-state index in [1.54, 1.807) is 17.4 Å². The van der Waals surface area contributed by atoms with Crippen molar-refractivity contribution < 1.29 is 75.1 Å². The zero-order chi connectivity index (χ0) is 52.4. The molecule has 6 rings (SSSR count). The van der Waals surface area contributed by atoms with Crippen molar-refractivity contribution in [1.29, 1.82) is 0 Å². The highest BCUT2D eigenvalue weighted by atomic mass is 32.1.